The summed E-state index contributed by atoms with van der Waals surface area (Å²) < 4.78 is 5.19. The summed E-state index contributed by atoms with van der Waals surface area (Å²) in [6, 6.07) is 8.11. The van der Waals surface area contributed by atoms with Gasteiger partial charge in [-0.2, -0.15) is 0 Å². The number of methoxy groups -OCH3 is 1. The van der Waals surface area contributed by atoms with Crippen LogP contribution in [0, 0.1) is 0 Å². The van der Waals surface area contributed by atoms with Crippen molar-refractivity contribution in [1.29, 1.82) is 0 Å². The standard InChI is InChI=1S/C18H25NO3/c1-22-15-8-6-14(7-9-15)16-5-4-12-19(16)17(20)13-18(21)10-2-3-11-18/h6-9,16,21H,2-5,10-13H2,1H3. The Morgan fingerprint density at radius 3 is 2.59 bits per heavy atom. The van der Waals surface area contributed by atoms with E-state index in [-0.39, 0.29) is 18.4 Å². The maximum absolute atomic E-state index is 12.7. The van der Waals surface area contributed by atoms with E-state index >= 15 is 0 Å². The van der Waals surface area contributed by atoms with Gasteiger partial charge >= 0.3 is 0 Å². The van der Waals surface area contributed by atoms with Gasteiger partial charge in [0.15, 0.2) is 0 Å². The number of hydrogen-bond acceptors (Lipinski definition) is 3. The number of nitrogens with zero attached hydrogens (tertiary/aromatic N) is 1. The lowest BCUT2D eigenvalue weighted by Gasteiger charge is -2.29. The highest BCUT2D eigenvalue weighted by atomic mass is 16.5. The molecule has 3 rings (SSSR count). The molecule has 1 saturated carbocycles. The maximum atomic E-state index is 12.7. The Morgan fingerprint density at radius 1 is 1.27 bits per heavy atom. The normalized spacial score (nSPS) is 23.7. The molecule has 2 aliphatic rings. The predicted molar refractivity (Wildman–Crippen MR) is 84.7 cm³/mol. The molecule has 1 aliphatic carbocycles. The predicted octanol–water partition coefficient (Wildman–Crippen LogP) is 3.05. The third kappa shape index (κ3) is 3.12. The van der Waals surface area contributed by atoms with Gasteiger partial charge in [0.05, 0.1) is 25.2 Å². The third-order valence-corrected chi connectivity index (χ3v) is 5.09. The number of aliphatic hydroxyl groups is 1. The molecule has 0 radical (unpaired) electrons. The average molecular weight is 303 g/mol. The Labute approximate surface area is 132 Å². The van der Waals surface area contributed by atoms with E-state index in [2.05, 4.69) is 0 Å². The van der Waals surface area contributed by atoms with Crippen molar-refractivity contribution in [3.63, 3.8) is 0 Å². The molecule has 0 aromatic heterocycles. The number of rotatable bonds is 4. The molecule has 2 fully saturated rings. The quantitative estimate of drug-likeness (QED) is 0.930. The van der Waals surface area contributed by atoms with E-state index in [4.69, 9.17) is 4.74 Å². The zero-order valence-electron chi connectivity index (χ0n) is 13.3. The van der Waals surface area contributed by atoms with Gasteiger partial charge in [-0.15, -0.1) is 0 Å². The van der Waals surface area contributed by atoms with Crippen LogP contribution in [0.25, 0.3) is 0 Å². The fourth-order valence-electron chi connectivity index (χ4n) is 3.83. The molecule has 1 saturated heterocycles. The summed E-state index contributed by atoms with van der Waals surface area (Å²) in [5, 5.41) is 10.5. The Hall–Kier alpha value is -1.55. The minimum absolute atomic E-state index is 0.0997. The van der Waals surface area contributed by atoms with E-state index in [9.17, 15) is 9.90 Å². The smallest absolute Gasteiger partial charge is 0.225 e. The number of carbonyl (C=O) groups is 1. The first-order valence-electron chi connectivity index (χ1n) is 8.27. The number of ether oxygens (including phenoxy) is 1. The molecule has 1 aliphatic heterocycles. The summed E-state index contributed by atoms with van der Waals surface area (Å²) in [6.45, 7) is 0.797. The van der Waals surface area contributed by atoms with E-state index in [1.165, 1.54) is 0 Å². The third-order valence-electron chi connectivity index (χ3n) is 5.09. The first-order chi connectivity index (χ1) is 10.6. The molecule has 1 aromatic rings. The van der Waals surface area contributed by atoms with Crippen LogP contribution in [0.3, 0.4) is 0 Å². The summed E-state index contributed by atoms with van der Waals surface area (Å²) in [5.41, 5.74) is 0.398. The van der Waals surface area contributed by atoms with Gasteiger partial charge in [0.25, 0.3) is 0 Å². The first kappa shape index (κ1) is 15.3. The van der Waals surface area contributed by atoms with Crippen molar-refractivity contribution < 1.29 is 14.6 Å². The van der Waals surface area contributed by atoms with Gasteiger partial charge in [0, 0.05) is 6.54 Å². The summed E-state index contributed by atoms with van der Waals surface area (Å²) in [6.07, 6.45) is 5.90. The van der Waals surface area contributed by atoms with Crippen LogP contribution >= 0.6 is 0 Å². The second kappa shape index (κ2) is 6.29. The summed E-state index contributed by atoms with van der Waals surface area (Å²) in [7, 11) is 1.66. The number of benzene rings is 1. The SMILES string of the molecule is COc1ccc(C2CCCN2C(=O)CC2(O)CCCC2)cc1. The molecule has 0 bridgehead atoms. The number of hydrogen-bond donors (Lipinski definition) is 1. The van der Waals surface area contributed by atoms with Crippen molar-refractivity contribution >= 4 is 5.91 Å². The zero-order valence-corrected chi connectivity index (χ0v) is 13.3. The lowest BCUT2D eigenvalue weighted by atomic mass is 9.96. The van der Waals surface area contributed by atoms with E-state index in [1.807, 2.05) is 29.2 Å². The number of carbonyl (C=O) groups excluding carboxylic acids is 1. The Balaban J connectivity index is 1.70. The van der Waals surface area contributed by atoms with Crippen molar-refractivity contribution in [2.24, 2.45) is 0 Å². The Morgan fingerprint density at radius 2 is 1.95 bits per heavy atom. The highest BCUT2D eigenvalue weighted by Gasteiger charge is 2.38. The van der Waals surface area contributed by atoms with Gasteiger partial charge in [-0.05, 0) is 43.4 Å². The van der Waals surface area contributed by atoms with Crippen molar-refractivity contribution in [1.82, 2.24) is 4.90 Å². The molecule has 120 valence electrons. The van der Waals surface area contributed by atoms with Crippen molar-refractivity contribution in [2.45, 2.75) is 56.6 Å². The van der Waals surface area contributed by atoms with Gasteiger partial charge in [0.2, 0.25) is 5.91 Å². The van der Waals surface area contributed by atoms with Gasteiger partial charge in [0.1, 0.15) is 5.75 Å². The molecule has 1 aromatic carbocycles. The Bertz CT molecular complexity index is 520. The van der Waals surface area contributed by atoms with E-state index < -0.39 is 5.60 Å². The summed E-state index contributed by atoms with van der Waals surface area (Å²) in [5.74, 6) is 0.933. The zero-order chi connectivity index (χ0) is 15.6. The maximum Gasteiger partial charge on any atom is 0.225 e. The molecule has 4 nitrogen and oxygen atoms in total. The molecule has 1 unspecified atom stereocenters. The Kier molecular flexibility index (Phi) is 4.39. The molecule has 1 amide bonds. The average Bonchev–Trinajstić information content (AvgIpc) is 3.16. The van der Waals surface area contributed by atoms with Crippen LogP contribution in [0.2, 0.25) is 0 Å². The van der Waals surface area contributed by atoms with Gasteiger partial charge in [-0.25, -0.2) is 0 Å². The lowest BCUT2D eigenvalue weighted by molar-refractivity contribution is -0.137. The van der Waals surface area contributed by atoms with E-state index in [0.29, 0.717) is 0 Å². The van der Waals surface area contributed by atoms with Crippen LogP contribution in [-0.4, -0.2) is 35.2 Å². The molecule has 1 heterocycles. The highest BCUT2D eigenvalue weighted by molar-refractivity contribution is 5.78. The van der Waals surface area contributed by atoms with Crippen LogP contribution < -0.4 is 4.74 Å². The topological polar surface area (TPSA) is 49.8 Å². The molecular weight excluding hydrogens is 278 g/mol. The molecule has 1 N–H and O–H groups in total. The fourth-order valence-corrected chi connectivity index (χ4v) is 3.83. The van der Waals surface area contributed by atoms with Crippen LogP contribution in [-0.2, 0) is 4.79 Å². The van der Waals surface area contributed by atoms with Crippen LogP contribution in [0.15, 0.2) is 24.3 Å². The minimum atomic E-state index is -0.760. The fraction of sp³-hybridized carbons (Fsp3) is 0.611. The van der Waals surface area contributed by atoms with E-state index in [0.717, 1.165) is 56.4 Å². The molecule has 0 spiro atoms. The molecule has 22 heavy (non-hydrogen) atoms. The summed E-state index contributed by atoms with van der Waals surface area (Å²) in [4.78, 5) is 14.6. The van der Waals surface area contributed by atoms with Crippen molar-refractivity contribution in [3.05, 3.63) is 29.8 Å². The van der Waals surface area contributed by atoms with Crippen LogP contribution in [0.4, 0.5) is 0 Å². The van der Waals surface area contributed by atoms with Gasteiger partial charge in [-0.3, -0.25) is 4.79 Å². The molecule has 1 atom stereocenters. The van der Waals surface area contributed by atoms with Gasteiger partial charge < -0.3 is 14.7 Å². The van der Waals surface area contributed by atoms with E-state index in [1.54, 1.807) is 7.11 Å². The second-order valence-corrected chi connectivity index (χ2v) is 6.63. The highest BCUT2D eigenvalue weighted by Crippen LogP contribution is 2.37. The minimum Gasteiger partial charge on any atom is -0.497 e. The number of amides is 1. The van der Waals surface area contributed by atoms with Crippen LogP contribution in [0.1, 0.15) is 56.6 Å². The second-order valence-electron chi connectivity index (χ2n) is 6.63. The largest absolute Gasteiger partial charge is 0.497 e. The van der Waals surface area contributed by atoms with Crippen molar-refractivity contribution in [2.75, 3.05) is 13.7 Å². The van der Waals surface area contributed by atoms with Gasteiger partial charge in [-0.1, -0.05) is 25.0 Å². The molecular formula is C18H25NO3. The van der Waals surface area contributed by atoms with Crippen LogP contribution in [0.5, 0.6) is 5.75 Å². The lowest BCUT2D eigenvalue weighted by Crippen LogP contribution is -2.37. The number of likely N-dealkylation sites (tertiary alicyclic amines) is 1. The monoisotopic (exact) mass is 303 g/mol. The van der Waals surface area contributed by atoms with Crippen molar-refractivity contribution in [3.8, 4) is 5.75 Å². The summed E-state index contributed by atoms with van der Waals surface area (Å²) >= 11 is 0. The molecule has 4 heteroatoms. The first-order valence-corrected chi connectivity index (χ1v) is 8.27.